The molecule has 0 rings (SSSR count). The van der Waals surface area contributed by atoms with Gasteiger partial charge in [0, 0.05) is 0 Å². The fourth-order valence-electron chi connectivity index (χ4n) is 1.14. The van der Waals surface area contributed by atoms with Crippen LogP contribution in [-0.2, 0) is 0 Å². The Morgan fingerprint density at radius 1 is 1.00 bits per heavy atom. The number of nitrogens with one attached hydrogen (secondary N) is 2. The van der Waals surface area contributed by atoms with Gasteiger partial charge in [-0.2, -0.15) is 0 Å². The van der Waals surface area contributed by atoms with Crippen molar-refractivity contribution in [3.05, 3.63) is 0 Å². The lowest BCUT2D eigenvalue weighted by atomic mass is 10.3. The molecule has 0 fully saturated rings. The summed E-state index contributed by atoms with van der Waals surface area (Å²) in [6.07, 6.45) is 2.44. The van der Waals surface area contributed by atoms with Crippen LogP contribution < -0.4 is 9.96 Å². The van der Waals surface area contributed by atoms with E-state index in [1.165, 1.54) is 12.8 Å². The number of rotatable bonds is 6. The number of hydrogen-bond acceptors (Lipinski definition) is 2. The molecule has 0 aromatic heterocycles. The Kier molecular flexibility index (Phi) is 6.71. The van der Waals surface area contributed by atoms with Crippen molar-refractivity contribution < 1.29 is 0 Å². The first kappa shape index (κ1) is 12.1. The molecule has 0 radical (unpaired) electrons. The highest BCUT2D eigenvalue weighted by molar-refractivity contribution is 6.51. The third-order valence-corrected chi connectivity index (χ3v) is 4.43. The van der Waals surface area contributed by atoms with Crippen LogP contribution in [0, 0.1) is 0 Å². The molecule has 0 saturated carbocycles. The largest absolute Gasteiger partial charge is 0.326 e. The first-order valence-electron chi connectivity index (χ1n) is 5.12. The molecule has 0 bridgehead atoms. The molecular formula is C9H24N2Si. The minimum Gasteiger partial charge on any atom is -0.326 e. The van der Waals surface area contributed by atoms with Gasteiger partial charge in [-0.05, 0) is 31.5 Å². The van der Waals surface area contributed by atoms with Crippen molar-refractivity contribution in [3.63, 3.8) is 0 Å². The van der Waals surface area contributed by atoms with Crippen molar-refractivity contribution in [2.45, 2.75) is 59.2 Å². The molecule has 12 heavy (non-hydrogen) atoms. The Balaban J connectivity index is 3.51. The summed E-state index contributed by atoms with van der Waals surface area (Å²) < 4.78 is 0. The maximum Gasteiger partial charge on any atom is 0.181 e. The van der Waals surface area contributed by atoms with Crippen LogP contribution in [0.1, 0.15) is 40.5 Å². The average molecular weight is 188 g/mol. The molecule has 0 aromatic carbocycles. The van der Waals surface area contributed by atoms with Gasteiger partial charge < -0.3 is 9.96 Å². The van der Waals surface area contributed by atoms with E-state index in [1.54, 1.807) is 0 Å². The fourth-order valence-corrected chi connectivity index (χ4v) is 3.41. The van der Waals surface area contributed by atoms with Gasteiger partial charge in [-0.1, -0.05) is 27.7 Å². The normalized spacial score (nSPS) is 18.8. The molecule has 0 aliphatic rings. The van der Waals surface area contributed by atoms with Gasteiger partial charge in [-0.15, -0.1) is 0 Å². The van der Waals surface area contributed by atoms with Crippen LogP contribution in [0.2, 0.25) is 6.55 Å². The smallest absolute Gasteiger partial charge is 0.181 e. The van der Waals surface area contributed by atoms with Crippen LogP contribution in [0.3, 0.4) is 0 Å². The summed E-state index contributed by atoms with van der Waals surface area (Å²) in [6, 6.07) is 1.34. The quantitative estimate of drug-likeness (QED) is 0.619. The highest BCUT2D eigenvalue weighted by Crippen LogP contribution is 1.91. The molecular weight excluding hydrogens is 164 g/mol. The first-order chi connectivity index (χ1) is 5.60. The lowest BCUT2D eigenvalue weighted by Gasteiger charge is -2.21. The van der Waals surface area contributed by atoms with Gasteiger partial charge in [0.2, 0.25) is 0 Å². The zero-order valence-electron chi connectivity index (χ0n) is 9.15. The molecule has 2 atom stereocenters. The van der Waals surface area contributed by atoms with Crippen molar-refractivity contribution in [2.24, 2.45) is 0 Å². The molecule has 3 heteroatoms. The third-order valence-electron chi connectivity index (χ3n) is 2.29. The van der Waals surface area contributed by atoms with Crippen LogP contribution in [0.25, 0.3) is 0 Å². The summed E-state index contributed by atoms with van der Waals surface area (Å²) in [5.74, 6) is 0. The maximum atomic E-state index is 3.62. The Labute approximate surface area is 78.9 Å². The molecule has 0 aliphatic heterocycles. The lowest BCUT2D eigenvalue weighted by Crippen LogP contribution is -2.51. The van der Waals surface area contributed by atoms with Gasteiger partial charge in [0.15, 0.2) is 9.12 Å². The van der Waals surface area contributed by atoms with Crippen molar-refractivity contribution in [2.75, 3.05) is 0 Å². The van der Waals surface area contributed by atoms with E-state index in [4.69, 9.17) is 0 Å². The molecule has 0 aromatic rings. The molecule has 2 N–H and O–H groups in total. The van der Waals surface area contributed by atoms with E-state index in [1.807, 2.05) is 0 Å². The molecule has 74 valence electrons. The van der Waals surface area contributed by atoms with Gasteiger partial charge in [-0.3, -0.25) is 0 Å². The Morgan fingerprint density at radius 3 is 1.58 bits per heavy atom. The van der Waals surface area contributed by atoms with E-state index >= 15 is 0 Å². The molecule has 2 unspecified atom stereocenters. The SMILES string of the molecule is CCC(C)N[SiH](C)NC(C)CC. The van der Waals surface area contributed by atoms with Crippen molar-refractivity contribution >= 4 is 9.12 Å². The minimum atomic E-state index is -0.853. The fraction of sp³-hybridized carbons (Fsp3) is 1.00. The van der Waals surface area contributed by atoms with Crippen molar-refractivity contribution in [1.29, 1.82) is 0 Å². The van der Waals surface area contributed by atoms with Gasteiger partial charge in [0.05, 0.1) is 0 Å². The Hall–Kier alpha value is 0.137. The Morgan fingerprint density at radius 2 is 1.33 bits per heavy atom. The molecule has 0 heterocycles. The first-order valence-corrected chi connectivity index (χ1v) is 7.43. The monoisotopic (exact) mass is 188 g/mol. The second-order valence-electron chi connectivity index (χ2n) is 3.67. The summed E-state index contributed by atoms with van der Waals surface area (Å²) in [7, 11) is -0.853. The molecule has 0 spiro atoms. The van der Waals surface area contributed by atoms with Gasteiger partial charge in [-0.25, -0.2) is 0 Å². The van der Waals surface area contributed by atoms with E-state index in [0.29, 0.717) is 12.1 Å². The van der Waals surface area contributed by atoms with Gasteiger partial charge in [0.25, 0.3) is 0 Å². The molecule has 0 saturated heterocycles. The lowest BCUT2D eigenvalue weighted by molar-refractivity contribution is 0.604. The second-order valence-corrected chi connectivity index (χ2v) is 5.78. The van der Waals surface area contributed by atoms with E-state index in [0.717, 1.165) is 0 Å². The minimum absolute atomic E-state index is 0.670. The number of hydrogen-bond donors (Lipinski definition) is 2. The maximum absolute atomic E-state index is 3.62. The van der Waals surface area contributed by atoms with Gasteiger partial charge >= 0.3 is 0 Å². The summed E-state index contributed by atoms with van der Waals surface area (Å²) in [5, 5.41) is 0. The summed E-state index contributed by atoms with van der Waals surface area (Å²) in [5.41, 5.74) is 0. The second kappa shape index (κ2) is 6.63. The summed E-state index contributed by atoms with van der Waals surface area (Å²) in [4.78, 5) is 7.24. The third kappa shape index (κ3) is 5.74. The zero-order valence-corrected chi connectivity index (χ0v) is 10.3. The molecule has 2 nitrogen and oxygen atoms in total. The highest BCUT2D eigenvalue weighted by atomic mass is 28.3. The van der Waals surface area contributed by atoms with Crippen LogP contribution in [-0.4, -0.2) is 21.2 Å². The average Bonchev–Trinajstić information content (AvgIpc) is 2.03. The summed E-state index contributed by atoms with van der Waals surface area (Å²) in [6.45, 7) is 11.3. The zero-order chi connectivity index (χ0) is 9.56. The van der Waals surface area contributed by atoms with Crippen LogP contribution in [0.4, 0.5) is 0 Å². The predicted octanol–water partition coefficient (Wildman–Crippen LogP) is 1.61. The van der Waals surface area contributed by atoms with Crippen LogP contribution in [0.5, 0.6) is 0 Å². The topological polar surface area (TPSA) is 24.1 Å². The Bertz CT molecular complexity index is 96.7. The van der Waals surface area contributed by atoms with Gasteiger partial charge in [0.1, 0.15) is 0 Å². The van der Waals surface area contributed by atoms with Crippen LogP contribution in [0.15, 0.2) is 0 Å². The van der Waals surface area contributed by atoms with E-state index in [2.05, 4.69) is 44.2 Å². The van der Waals surface area contributed by atoms with E-state index in [9.17, 15) is 0 Å². The van der Waals surface area contributed by atoms with E-state index < -0.39 is 9.12 Å². The highest BCUT2D eigenvalue weighted by Gasteiger charge is 2.08. The van der Waals surface area contributed by atoms with E-state index in [-0.39, 0.29) is 0 Å². The van der Waals surface area contributed by atoms with Crippen molar-refractivity contribution in [1.82, 2.24) is 9.96 Å². The molecule has 0 aliphatic carbocycles. The predicted molar refractivity (Wildman–Crippen MR) is 58.8 cm³/mol. The standard InChI is InChI=1S/C9H24N2Si/c1-6-8(3)10-12(5)11-9(4)7-2/h8-12H,6-7H2,1-5H3. The molecule has 0 amide bonds. The van der Waals surface area contributed by atoms with Crippen molar-refractivity contribution in [3.8, 4) is 0 Å². The van der Waals surface area contributed by atoms with Crippen LogP contribution >= 0.6 is 0 Å². The summed E-state index contributed by atoms with van der Waals surface area (Å²) >= 11 is 0.